The van der Waals surface area contributed by atoms with Crippen LogP contribution in [0.5, 0.6) is 0 Å². The van der Waals surface area contributed by atoms with E-state index in [1.807, 2.05) is 4.90 Å². The van der Waals surface area contributed by atoms with Gasteiger partial charge in [0.05, 0.1) is 17.8 Å². The van der Waals surface area contributed by atoms with Crippen molar-refractivity contribution in [2.75, 3.05) is 26.2 Å². The summed E-state index contributed by atoms with van der Waals surface area (Å²) in [6, 6.07) is 6.13. The van der Waals surface area contributed by atoms with Gasteiger partial charge in [0.2, 0.25) is 5.91 Å². The van der Waals surface area contributed by atoms with E-state index < -0.39 is 0 Å². The molecule has 172 valence electrons. The molecule has 2 saturated heterocycles. The maximum atomic E-state index is 13.2. The zero-order valence-corrected chi connectivity index (χ0v) is 19.4. The van der Waals surface area contributed by atoms with Crippen LogP contribution in [0.1, 0.15) is 54.2 Å². The number of hydrogen-bond acceptors (Lipinski definition) is 3. The molecule has 6 nitrogen and oxygen atoms in total. The molecule has 2 aromatic rings. The molecule has 0 bridgehead atoms. The Bertz CT molecular complexity index is 975. The van der Waals surface area contributed by atoms with E-state index in [1.54, 1.807) is 28.6 Å². The summed E-state index contributed by atoms with van der Waals surface area (Å²) in [6.07, 6.45) is 3.50. The molecule has 0 atom stereocenters. The van der Waals surface area contributed by atoms with Crippen LogP contribution in [-0.4, -0.2) is 57.6 Å². The fraction of sp³-hybridized carbons (Fsp3) is 0.542. The number of carbonyl (C=O) groups is 2. The number of hydrogen-bond donors (Lipinski definition) is 0. The van der Waals surface area contributed by atoms with Gasteiger partial charge >= 0.3 is 0 Å². The first-order valence-corrected chi connectivity index (χ1v) is 11.8. The van der Waals surface area contributed by atoms with Crippen molar-refractivity contribution < 1.29 is 14.0 Å². The van der Waals surface area contributed by atoms with E-state index in [1.165, 1.54) is 12.1 Å². The fourth-order valence-corrected chi connectivity index (χ4v) is 4.95. The van der Waals surface area contributed by atoms with Crippen molar-refractivity contribution in [2.24, 2.45) is 11.8 Å². The average molecular weight is 461 g/mol. The molecule has 32 heavy (non-hydrogen) atoms. The standard InChI is InChI=1S/C24H30ClFN4O2/c1-16-7-11-28(12-8-16)23(31)19-9-13-29(14-10-19)24(32)21-17(2)27-30(22(21)25)15-18-3-5-20(26)6-4-18/h3-6,16,19H,7-15H2,1-2H3. The smallest absolute Gasteiger partial charge is 0.258 e. The first-order valence-electron chi connectivity index (χ1n) is 11.4. The van der Waals surface area contributed by atoms with E-state index in [0.29, 0.717) is 49.7 Å². The Balaban J connectivity index is 1.38. The monoisotopic (exact) mass is 460 g/mol. The molecule has 3 heterocycles. The summed E-state index contributed by atoms with van der Waals surface area (Å²) >= 11 is 6.54. The number of aromatic nitrogens is 2. The molecule has 0 aliphatic carbocycles. The molecule has 4 rings (SSSR count). The molecule has 0 spiro atoms. The number of benzene rings is 1. The number of amides is 2. The Morgan fingerprint density at radius 2 is 1.62 bits per heavy atom. The number of carbonyl (C=O) groups excluding carboxylic acids is 2. The zero-order valence-electron chi connectivity index (χ0n) is 18.7. The van der Waals surface area contributed by atoms with Crippen LogP contribution < -0.4 is 0 Å². The van der Waals surface area contributed by atoms with Crippen LogP contribution in [0.15, 0.2) is 24.3 Å². The Hall–Kier alpha value is -2.41. The summed E-state index contributed by atoms with van der Waals surface area (Å²) in [5, 5.41) is 4.73. The number of nitrogens with zero attached hydrogens (tertiary/aromatic N) is 4. The molecular weight excluding hydrogens is 431 g/mol. The highest BCUT2D eigenvalue weighted by Crippen LogP contribution is 2.27. The van der Waals surface area contributed by atoms with E-state index in [2.05, 4.69) is 12.0 Å². The zero-order chi connectivity index (χ0) is 22.8. The molecule has 0 N–H and O–H groups in total. The molecular formula is C24H30ClFN4O2. The highest BCUT2D eigenvalue weighted by atomic mass is 35.5. The summed E-state index contributed by atoms with van der Waals surface area (Å²) in [5.41, 5.74) is 1.83. The molecule has 0 radical (unpaired) electrons. The van der Waals surface area contributed by atoms with E-state index in [9.17, 15) is 14.0 Å². The van der Waals surface area contributed by atoms with Crippen molar-refractivity contribution in [3.63, 3.8) is 0 Å². The van der Waals surface area contributed by atoms with E-state index in [-0.39, 0.29) is 28.7 Å². The summed E-state index contributed by atoms with van der Waals surface area (Å²) in [5.74, 6) is 0.477. The second kappa shape index (κ2) is 9.61. The quantitative estimate of drug-likeness (QED) is 0.688. The third-order valence-corrected chi connectivity index (χ3v) is 7.14. The summed E-state index contributed by atoms with van der Waals surface area (Å²) in [6.45, 7) is 7.15. The van der Waals surface area contributed by atoms with Crippen LogP contribution in [0.4, 0.5) is 4.39 Å². The van der Waals surface area contributed by atoms with E-state index >= 15 is 0 Å². The van der Waals surface area contributed by atoms with Gasteiger partial charge in [0, 0.05) is 32.1 Å². The van der Waals surface area contributed by atoms with Crippen molar-refractivity contribution in [3.8, 4) is 0 Å². The maximum absolute atomic E-state index is 13.2. The van der Waals surface area contributed by atoms with Crippen molar-refractivity contribution in [2.45, 2.75) is 46.1 Å². The lowest BCUT2D eigenvalue weighted by molar-refractivity contribution is -0.138. The van der Waals surface area contributed by atoms with Crippen molar-refractivity contribution >= 4 is 23.4 Å². The van der Waals surface area contributed by atoms with Gasteiger partial charge in [-0.1, -0.05) is 30.7 Å². The first kappa shape index (κ1) is 22.8. The summed E-state index contributed by atoms with van der Waals surface area (Å²) < 4.78 is 14.7. The van der Waals surface area contributed by atoms with Crippen LogP contribution in [0.25, 0.3) is 0 Å². The predicted octanol–water partition coefficient (Wildman–Crippen LogP) is 4.14. The van der Waals surface area contributed by atoms with Gasteiger partial charge in [0.15, 0.2) is 0 Å². The van der Waals surface area contributed by atoms with E-state index in [4.69, 9.17) is 11.6 Å². The van der Waals surface area contributed by atoms with Crippen molar-refractivity contribution in [1.82, 2.24) is 19.6 Å². The summed E-state index contributed by atoms with van der Waals surface area (Å²) in [7, 11) is 0. The highest BCUT2D eigenvalue weighted by molar-refractivity contribution is 6.33. The topological polar surface area (TPSA) is 58.4 Å². The van der Waals surface area contributed by atoms with Crippen molar-refractivity contribution in [1.29, 1.82) is 0 Å². The molecule has 1 aromatic heterocycles. The minimum atomic E-state index is -0.302. The van der Waals surface area contributed by atoms with Gasteiger partial charge in [-0.2, -0.15) is 5.10 Å². The second-order valence-corrected chi connectivity index (χ2v) is 9.47. The fourth-order valence-electron chi connectivity index (χ4n) is 4.64. The molecule has 1 aromatic carbocycles. The van der Waals surface area contributed by atoms with Gasteiger partial charge in [-0.3, -0.25) is 9.59 Å². The minimum absolute atomic E-state index is 0.00905. The number of piperidine rings is 2. The Kier molecular flexibility index (Phi) is 6.84. The molecule has 2 aliphatic rings. The van der Waals surface area contributed by atoms with Crippen LogP contribution in [0, 0.1) is 24.6 Å². The molecule has 8 heteroatoms. The SMILES string of the molecule is Cc1nn(Cc2ccc(F)cc2)c(Cl)c1C(=O)N1CCC(C(=O)N2CCC(C)CC2)CC1. The average Bonchev–Trinajstić information content (AvgIpc) is 3.07. The minimum Gasteiger partial charge on any atom is -0.342 e. The first-order chi connectivity index (χ1) is 15.3. The van der Waals surface area contributed by atoms with Crippen LogP contribution in [0.3, 0.4) is 0 Å². The van der Waals surface area contributed by atoms with Crippen LogP contribution in [-0.2, 0) is 11.3 Å². The third-order valence-electron chi connectivity index (χ3n) is 6.75. The third kappa shape index (κ3) is 4.82. The lowest BCUT2D eigenvalue weighted by Gasteiger charge is -2.36. The molecule has 2 aliphatic heterocycles. The Labute approximate surface area is 193 Å². The molecule has 0 unspecified atom stereocenters. The lowest BCUT2D eigenvalue weighted by Crippen LogP contribution is -2.46. The van der Waals surface area contributed by atoms with Gasteiger partial charge in [0.25, 0.3) is 5.91 Å². The second-order valence-electron chi connectivity index (χ2n) is 9.11. The molecule has 2 fully saturated rings. The normalized spacial score (nSPS) is 18.2. The van der Waals surface area contributed by atoms with Gasteiger partial charge in [-0.05, 0) is 56.2 Å². The molecule has 2 amide bonds. The van der Waals surface area contributed by atoms with Gasteiger partial charge in [0.1, 0.15) is 11.0 Å². The maximum Gasteiger partial charge on any atom is 0.258 e. The lowest BCUT2D eigenvalue weighted by atomic mass is 9.92. The van der Waals surface area contributed by atoms with Gasteiger partial charge in [-0.25, -0.2) is 9.07 Å². The van der Waals surface area contributed by atoms with Crippen LogP contribution >= 0.6 is 11.6 Å². The number of halogens is 2. The van der Waals surface area contributed by atoms with Gasteiger partial charge in [-0.15, -0.1) is 0 Å². The number of rotatable bonds is 4. The Morgan fingerprint density at radius 1 is 1.03 bits per heavy atom. The number of likely N-dealkylation sites (tertiary alicyclic amines) is 2. The van der Waals surface area contributed by atoms with Crippen LogP contribution in [0.2, 0.25) is 5.15 Å². The summed E-state index contributed by atoms with van der Waals surface area (Å²) in [4.78, 5) is 29.9. The largest absolute Gasteiger partial charge is 0.342 e. The molecule has 0 saturated carbocycles. The highest BCUT2D eigenvalue weighted by Gasteiger charge is 2.33. The predicted molar refractivity (Wildman–Crippen MR) is 121 cm³/mol. The number of aryl methyl sites for hydroxylation is 1. The van der Waals surface area contributed by atoms with Crippen molar-refractivity contribution in [3.05, 3.63) is 52.1 Å². The van der Waals surface area contributed by atoms with E-state index in [0.717, 1.165) is 31.5 Å². The Morgan fingerprint density at radius 3 is 2.25 bits per heavy atom. The van der Waals surface area contributed by atoms with Gasteiger partial charge < -0.3 is 9.80 Å².